The Balaban J connectivity index is 2.00. The molecule has 2 N–H and O–H groups in total. The number of hydrogen-bond acceptors (Lipinski definition) is 2. The summed E-state index contributed by atoms with van der Waals surface area (Å²) in [6.45, 7) is 2.52. The molecule has 3 heteroatoms. The molecule has 2 nitrogen and oxygen atoms in total. The van der Waals surface area contributed by atoms with Crippen LogP contribution in [-0.4, -0.2) is 0 Å². The van der Waals surface area contributed by atoms with Gasteiger partial charge in [-0.05, 0) is 30.7 Å². The largest absolute Gasteiger partial charge is 0.489 e. The average Bonchev–Trinajstić information content (AvgIpc) is 2.38. The van der Waals surface area contributed by atoms with Crippen LogP contribution in [0, 0.1) is 0 Å². The molecule has 1 atom stereocenters. The van der Waals surface area contributed by atoms with Crippen molar-refractivity contribution >= 4 is 15.9 Å². The van der Waals surface area contributed by atoms with Gasteiger partial charge in [-0.2, -0.15) is 0 Å². The number of rotatable bonds is 4. The Labute approximate surface area is 116 Å². The zero-order chi connectivity index (χ0) is 13.0. The SMILES string of the molecule is C[C@@H](N)c1ccc(OCc2ccccc2Br)cc1. The molecule has 0 spiro atoms. The molecule has 0 bridgehead atoms. The van der Waals surface area contributed by atoms with E-state index in [2.05, 4.69) is 15.9 Å². The van der Waals surface area contributed by atoms with Crippen molar-refractivity contribution in [1.29, 1.82) is 0 Å². The minimum Gasteiger partial charge on any atom is -0.489 e. The maximum atomic E-state index is 5.80. The Hall–Kier alpha value is -1.32. The maximum absolute atomic E-state index is 5.80. The predicted octanol–water partition coefficient (Wildman–Crippen LogP) is 4.05. The minimum atomic E-state index is 0.0577. The van der Waals surface area contributed by atoms with Crippen LogP contribution in [0.4, 0.5) is 0 Å². The van der Waals surface area contributed by atoms with E-state index < -0.39 is 0 Å². The van der Waals surface area contributed by atoms with Gasteiger partial charge in [-0.3, -0.25) is 0 Å². The molecule has 0 radical (unpaired) electrons. The van der Waals surface area contributed by atoms with Crippen molar-refractivity contribution < 1.29 is 4.74 Å². The molecule has 0 aliphatic rings. The molecule has 0 saturated heterocycles. The zero-order valence-corrected chi connectivity index (χ0v) is 11.9. The quantitative estimate of drug-likeness (QED) is 0.925. The van der Waals surface area contributed by atoms with Gasteiger partial charge in [-0.25, -0.2) is 0 Å². The van der Waals surface area contributed by atoms with Gasteiger partial charge in [0.1, 0.15) is 12.4 Å². The van der Waals surface area contributed by atoms with Gasteiger partial charge >= 0.3 is 0 Å². The third kappa shape index (κ3) is 3.34. The molecule has 18 heavy (non-hydrogen) atoms. The number of nitrogens with two attached hydrogens (primary N) is 1. The van der Waals surface area contributed by atoms with Crippen LogP contribution < -0.4 is 10.5 Å². The second kappa shape index (κ2) is 6.03. The van der Waals surface area contributed by atoms with Crippen LogP contribution in [0.25, 0.3) is 0 Å². The van der Waals surface area contributed by atoms with E-state index in [1.165, 1.54) is 0 Å². The summed E-state index contributed by atoms with van der Waals surface area (Å²) in [4.78, 5) is 0. The van der Waals surface area contributed by atoms with Gasteiger partial charge in [-0.1, -0.05) is 46.3 Å². The monoisotopic (exact) mass is 305 g/mol. The van der Waals surface area contributed by atoms with Crippen molar-refractivity contribution in [2.75, 3.05) is 0 Å². The number of halogens is 1. The number of hydrogen-bond donors (Lipinski definition) is 1. The lowest BCUT2D eigenvalue weighted by Gasteiger charge is -2.10. The smallest absolute Gasteiger partial charge is 0.119 e. The summed E-state index contributed by atoms with van der Waals surface area (Å²) in [5.41, 5.74) is 8.05. The highest BCUT2D eigenvalue weighted by molar-refractivity contribution is 9.10. The molecule has 2 aromatic rings. The topological polar surface area (TPSA) is 35.2 Å². The molecule has 0 heterocycles. The van der Waals surface area contributed by atoms with E-state index in [9.17, 15) is 0 Å². The minimum absolute atomic E-state index is 0.0577. The van der Waals surface area contributed by atoms with Crippen molar-refractivity contribution in [2.24, 2.45) is 5.73 Å². The van der Waals surface area contributed by atoms with Crippen LogP contribution >= 0.6 is 15.9 Å². The van der Waals surface area contributed by atoms with Gasteiger partial charge in [0, 0.05) is 16.1 Å². The highest BCUT2D eigenvalue weighted by Crippen LogP contribution is 2.20. The molecule has 2 aromatic carbocycles. The Kier molecular flexibility index (Phi) is 4.39. The summed E-state index contributed by atoms with van der Waals surface area (Å²) in [5.74, 6) is 0.857. The maximum Gasteiger partial charge on any atom is 0.119 e. The van der Waals surface area contributed by atoms with Gasteiger partial charge in [0.2, 0.25) is 0 Å². The van der Waals surface area contributed by atoms with E-state index >= 15 is 0 Å². The second-order valence-electron chi connectivity index (χ2n) is 4.24. The molecule has 0 aromatic heterocycles. The second-order valence-corrected chi connectivity index (χ2v) is 5.09. The Morgan fingerprint density at radius 2 is 1.78 bits per heavy atom. The van der Waals surface area contributed by atoms with E-state index in [1.807, 2.05) is 55.5 Å². The van der Waals surface area contributed by atoms with Gasteiger partial charge < -0.3 is 10.5 Å². The van der Waals surface area contributed by atoms with E-state index in [1.54, 1.807) is 0 Å². The molecular weight excluding hydrogens is 290 g/mol. The third-order valence-corrected chi connectivity index (χ3v) is 3.53. The fraction of sp³-hybridized carbons (Fsp3) is 0.200. The Morgan fingerprint density at radius 1 is 1.11 bits per heavy atom. The molecule has 0 unspecified atom stereocenters. The Morgan fingerprint density at radius 3 is 2.39 bits per heavy atom. The van der Waals surface area contributed by atoms with Gasteiger partial charge in [0.05, 0.1) is 0 Å². The first kappa shape index (κ1) is 13.1. The highest BCUT2D eigenvalue weighted by atomic mass is 79.9. The normalized spacial score (nSPS) is 12.2. The summed E-state index contributed by atoms with van der Waals surface area (Å²) < 4.78 is 6.80. The van der Waals surface area contributed by atoms with Crippen molar-refractivity contribution in [3.8, 4) is 5.75 Å². The van der Waals surface area contributed by atoms with Gasteiger partial charge in [0.15, 0.2) is 0 Å². The lowest BCUT2D eigenvalue weighted by Crippen LogP contribution is -2.04. The Bertz CT molecular complexity index is 508. The highest BCUT2D eigenvalue weighted by Gasteiger charge is 2.02. The van der Waals surface area contributed by atoms with E-state index in [4.69, 9.17) is 10.5 Å². The first-order valence-corrected chi connectivity index (χ1v) is 6.68. The van der Waals surface area contributed by atoms with Crippen molar-refractivity contribution in [1.82, 2.24) is 0 Å². The molecule has 0 saturated carbocycles. The van der Waals surface area contributed by atoms with Gasteiger partial charge in [0.25, 0.3) is 0 Å². The molecule has 0 amide bonds. The van der Waals surface area contributed by atoms with Gasteiger partial charge in [-0.15, -0.1) is 0 Å². The van der Waals surface area contributed by atoms with Crippen LogP contribution in [0.2, 0.25) is 0 Å². The molecule has 2 rings (SSSR count). The zero-order valence-electron chi connectivity index (χ0n) is 10.3. The summed E-state index contributed by atoms with van der Waals surface area (Å²) in [6.07, 6.45) is 0. The van der Waals surface area contributed by atoms with E-state index in [0.717, 1.165) is 21.3 Å². The molecule has 0 aliphatic heterocycles. The third-order valence-electron chi connectivity index (χ3n) is 2.76. The fourth-order valence-corrected chi connectivity index (χ4v) is 2.04. The van der Waals surface area contributed by atoms with Crippen molar-refractivity contribution in [3.63, 3.8) is 0 Å². The number of benzene rings is 2. The standard InChI is InChI=1S/C15H16BrNO/c1-11(17)12-6-8-14(9-7-12)18-10-13-4-2-3-5-15(13)16/h2-9,11H,10,17H2,1H3/t11-/m1/s1. The first-order valence-electron chi connectivity index (χ1n) is 5.88. The van der Waals surface area contributed by atoms with E-state index in [-0.39, 0.29) is 6.04 Å². The lowest BCUT2D eigenvalue weighted by atomic mass is 10.1. The summed E-state index contributed by atoms with van der Waals surface area (Å²) in [6, 6.07) is 16.0. The first-order chi connectivity index (χ1) is 8.66. The van der Waals surface area contributed by atoms with Crippen LogP contribution in [0.5, 0.6) is 5.75 Å². The van der Waals surface area contributed by atoms with Crippen LogP contribution in [0.1, 0.15) is 24.1 Å². The predicted molar refractivity (Wildman–Crippen MR) is 77.5 cm³/mol. The molecule has 94 valence electrons. The molecule has 0 fully saturated rings. The molecule has 0 aliphatic carbocycles. The molecular formula is C15H16BrNO. The van der Waals surface area contributed by atoms with Crippen molar-refractivity contribution in [3.05, 3.63) is 64.1 Å². The van der Waals surface area contributed by atoms with Crippen LogP contribution in [-0.2, 0) is 6.61 Å². The summed E-state index contributed by atoms with van der Waals surface area (Å²) in [7, 11) is 0. The van der Waals surface area contributed by atoms with Crippen molar-refractivity contribution in [2.45, 2.75) is 19.6 Å². The fourth-order valence-electron chi connectivity index (χ4n) is 1.64. The average molecular weight is 306 g/mol. The van der Waals surface area contributed by atoms with Crippen LogP contribution in [0.3, 0.4) is 0 Å². The summed E-state index contributed by atoms with van der Waals surface area (Å²) in [5, 5.41) is 0. The lowest BCUT2D eigenvalue weighted by molar-refractivity contribution is 0.305. The number of ether oxygens (including phenoxy) is 1. The van der Waals surface area contributed by atoms with E-state index in [0.29, 0.717) is 6.61 Å². The summed E-state index contributed by atoms with van der Waals surface area (Å²) >= 11 is 3.50. The van der Waals surface area contributed by atoms with Crippen LogP contribution in [0.15, 0.2) is 53.0 Å².